The Morgan fingerprint density at radius 2 is 2.13 bits per heavy atom. The number of carbonyl (C=O) groups is 2. The maximum atomic E-state index is 11.9. The summed E-state index contributed by atoms with van der Waals surface area (Å²) in [6, 6.07) is 0.450. The Labute approximate surface area is 134 Å². The van der Waals surface area contributed by atoms with Crippen LogP contribution >= 0.6 is 0 Å². The summed E-state index contributed by atoms with van der Waals surface area (Å²) in [6.45, 7) is 1.51. The van der Waals surface area contributed by atoms with Crippen molar-refractivity contribution in [1.82, 2.24) is 25.2 Å². The van der Waals surface area contributed by atoms with Crippen LogP contribution in [-0.2, 0) is 16.1 Å². The van der Waals surface area contributed by atoms with E-state index in [2.05, 4.69) is 20.5 Å². The van der Waals surface area contributed by atoms with Gasteiger partial charge in [0.25, 0.3) is 0 Å². The van der Waals surface area contributed by atoms with Crippen molar-refractivity contribution in [3.05, 3.63) is 12.4 Å². The smallest absolute Gasteiger partial charge is 0.317 e. The average molecular weight is 321 g/mol. The van der Waals surface area contributed by atoms with Crippen LogP contribution in [-0.4, -0.2) is 62.0 Å². The summed E-state index contributed by atoms with van der Waals surface area (Å²) < 4.78 is 1.63. The minimum atomic E-state index is -0.772. The molecule has 126 valence electrons. The topological polar surface area (TPSA) is 100 Å². The lowest BCUT2D eigenvalue weighted by atomic mass is 9.85. The van der Waals surface area contributed by atoms with Gasteiger partial charge in [0.15, 0.2) is 0 Å². The largest absolute Gasteiger partial charge is 0.480 e. The monoisotopic (exact) mass is 321 g/mol. The molecule has 1 aromatic heterocycles. The second-order valence-electron chi connectivity index (χ2n) is 6.57. The van der Waals surface area contributed by atoms with Crippen molar-refractivity contribution in [3.63, 3.8) is 0 Å². The third-order valence-electron chi connectivity index (χ3n) is 4.56. The number of nitrogens with one attached hydrogen (secondary N) is 1. The van der Waals surface area contributed by atoms with Crippen molar-refractivity contribution < 1.29 is 14.7 Å². The Morgan fingerprint density at radius 3 is 2.74 bits per heavy atom. The first-order valence-electron chi connectivity index (χ1n) is 8.19. The summed E-state index contributed by atoms with van der Waals surface area (Å²) in [7, 11) is 0. The zero-order valence-corrected chi connectivity index (χ0v) is 13.1. The molecule has 0 radical (unpaired) electrons. The molecule has 0 aromatic carbocycles. The van der Waals surface area contributed by atoms with Crippen molar-refractivity contribution in [2.75, 3.05) is 13.1 Å². The van der Waals surface area contributed by atoms with Crippen molar-refractivity contribution >= 4 is 11.9 Å². The molecule has 1 aromatic rings. The van der Waals surface area contributed by atoms with E-state index in [0.29, 0.717) is 18.9 Å². The van der Waals surface area contributed by atoms with E-state index in [1.54, 1.807) is 17.1 Å². The minimum Gasteiger partial charge on any atom is -0.480 e. The van der Waals surface area contributed by atoms with Crippen molar-refractivity contribution in [2.24, 2.45) is 5.92 Å². The molecular weight excluding hydrogens is 298 g/mol. The van der Waals surface area contributed by atoms with Gasteiger partial charge in [-0.1, -0.05) is 5.21 Å². The van der Waals surface area contributed by atoms with Gasteiger partial charge in [-0.3, -0.25) is 19.2 Å². The van der Waals surface area contributed by atoms with E-state index < -0.39 is 5.97 Å². The average Bonchev–Trinajstić information content (AvgIpc) is 3.11. The van der Waals surface area contributed by atoms with Gasteiger partial charge in [0, 0.05) is 31.2 Å². The van der Waals surface area contributed by atoms with E-state index in [0.717, 1.165) is 19.4 Å². The predicted octanol–water partition coefficient (Wildman–Crippen LogP) is 0.112. The molecule has 0 atom stereocenters. The molecule has 8 nitrogen and oxygen atoms in total. The molecule has 0 saturated heterocycles. The fourth-order valence-corrected chi connectivity index (χ4v) is 3.02. The molecule has 0 unspecified atom stereocenters. The normalized spacial score (nSPS) is 23.5. The van der Waals surface area contributed by atoms with E-state index in [4.69, 9.17) is 5.11 Å². The predicted molar refractivity (Wildman–Crippen MR) is 81.5 cm³/mol. The van der Waals surface area contributed by atoms with E-state index in [1.165, 1.54) is 12.8 Å². The van der Waals surface area contributed by atoms with E-state index in [-0.39, 0.29) is 24.5 Å². The molecule has 8 heteroatoms. The first-order valence-corrected chi connectivity index (χ1v) is 8.19. The van der Waals surface area contributed by atoms with Crippen molar-refractivity contribution in [1.29, 1.82) is 0 Å². The number of carbonyl (C=O) groups excluding carboxylic acids is 1. The summed E-state index contributed by atoms with van der Waals surface area (Å²) in [5, 5.41) is 19.6. The molecule has 1 heterocycles. The van der Waals surface area contributed by atoms with Crippen LogP contribution in [0.5, 0.6) is 0 Å². The Bertz CT molecular complexity index is 537. The van der Waals surface area contributed by atoms with Crippen LogP contribution in [0, 0.1) is 5.92 Å². The molecule has 1 amide bonds. The van der Waals surface area contributed by atoms with E-state index >= 15 is 0 Å². The number of amides is 1. The van der Waals surface area contributed by atoms with Gasteiger partial charge in [-0.05, 0) is 31.6 Å². The Hall–Kier alpha value is -1.96. The number of nitrogens with zero attached hydrogens (tertiary/aromatic N) is 4. The molecule has 0 bridgehead atoms. The number of carboxylic acids is 1. The molecule has 2 N–H and O–H groups in total. The number of aliphatic carboxylic acids is 1. The fourth-order valence-electron chi connectivity index (χ4n) is 3.02. The highest BCUT2D eigenvalue weighted by Gasteiger charge is 2.37. The standard InChI is InChI=1S/C15H23N5O3/c21-14(3-5-20-6-4-16-18-20)17-12-7-13(8-12)19(10-15(22)23)9-11-1-2-11/h4,6,11-13H,1-3,5,7-10H2,(H,17,21)(H,22,23). The van der Waals surface area contributed by atoms with Crippen LogP contribution in [0.15, 0.2) is 12.4 Å². The molecule has 2 fully saturated rings. The first kappa shape index (κ1) is 15.9. The lowest BCUT2D eigenvalue weighted by Crippen LogP contribution is -2.55. The number of rotatable bonds is 9. The zero-order chi connectivity index (χ0) is 16.2. The molecule has 23 heavy (non-hydrogen) atoms. The summed E-state index contributed by atoms with van der Waals surface area (Å²) in [5.74, 6) is -0.0902. The van der Waals surface area contributed by atoms with Gasteiger partial charge in [-0.25, -0.2) is 0 Å². The van der Waals surface area contributed by atoms with Crippen LogP contribution < -0.4 is 5.32 Å². The van der Waals surface area contributed by atoms with Crippen LogP contribution in [0.25, 0.3) is 0 Å². The Morgan fingerprint density at radius 1 is 1.35 bits per heavy atom. The molecule has 0 aliphatic heterocycles. The van der Waals surface area contributed by atoms with Gasteiger partial charge in [-0.15, -0.1) is 5.10 Å². The van der Waals surface area contributed by atoms with Crippen LogP contribution in [0.4, 0.5) is 0 Å². The third kappa shape index (κ3) is 4.75. The lowest BCUT2D eigenvalue weighted by Gasteiger charge is -2.42. The van der Waals surface area contributed by atoms with Crippen LogP contribution in [0.1, 0.15) is 32.1 Å². The molecule has 0 spiro atoms. The van der Waals surface area contributed by atoms with Crippen molar-refractivity contribution in [3.8, 4) is 0 Å². The summed E-state index contributed by atoms with van der Waals surface area (Å²) >= 11 is 0. The second kappa shape index (κ2) is 7.08. The first-order chi connectivity index (χ1) is 11.1. The SMILES string of the molecule is O=C(O)CN(CC1CC1)C1CC(NC(=O)CCn2ccnn2)C1. The van der Waals surface area contributed by atoms with Gasteiger partial charge in [-0.2, -0.15) is 0 Å². The highest BCUT2D eigenvalue weighted by molar-refractivity contribution is 5.76. The third-order valence-corrected chi connectivity index (χ3v) is 4.56. The number of hydrogen-bond acceptors (Lipinski definition) is 5. The van der Waals surface area contributed by atoms with Gasteiger partial charge in [0.2, 0.25) is 5.91 Å². The number of aryl methyl sites for hydroxylation is 1. The zero-order valence-electron chi connectivity index (χ0n) is 13.1. The summed E-state index contributed by atoms with van der Waals surface area (Å²) in [6.07, 6.45) is 7.81. The van der Waals surface area contributed by atoms with Crippen molar-refractivity contribution in [2.45, 2.75) is 50.7 Å². The van der Waals surface area contributed by atoms with Gasteiger partial charge in [0.1, 0.15) is 0 Å². The van der Waals surface area contributed by atoms with Gasteiger partial charge >= 0.3 is 5.97 Å². The maximum absolute atomic E-state index is 11.9. The maximum Gasteiger partial charge on any atom is 0.317 e. The van der Waals surface area contributed by atoms with Gasteiger partial charge < -0.3 is 10.4 Å². The van der Waals surface area contributed by atoms with E-state index in [9.17, 15) is 9.59 Å². The second-order valence-corrected chi connectivity index (χ2v) is 6.57. The van der Waals surface area contributed by atoms with Crippen LogP contribution in [0.2, 0.25) is 0 Å². The molecular formula is C15H23N5O3. The highest BCUT2D eigenvalue weighted by atomic mass is 16.4. The Kier molecular flexibility index (Phi) is 4.90. The quantitative estimate of drug-likeness (QED) is 0.670. The minimum absolute atomic E-state index is 0.0101. The molecule has 2 saturated carbocycles. The van der Waals surface area contributed by atoms with Gasteiger partial charge in [0.05, 0.1) is 19.3 Å². The van der Waals surface area contributed by atoms with Crippen LogP contribution in [0.3, 0.4) is 0 Å². The summed E-state index contributed by atoms with van der Waals surface area (Å²) in [5.41, 5.74) is 0. The highest BCUT2D eigenvalue weighted by Crippen LogP contribution is 2.33. The number of hydrogen-bond donors (Lipinski definition) is 2. The van der Waals surface area contributed by atoms with E-state index in [1.807, 2.05) is 0 Å². The molecule has 2 aliphatic rings. The number of carboxylic acid groups (broad SMARTS) is 1. The number of aromatic nitrogens is 3. The fraction of sp³-hybridized carbons (Fsp3) is 0.733. The molecule has 2 aliphatic carbocycles. The Balaban J connectivity index is 1.37. The summed E-state index contributed by atoms with van der Waals surface area (Å²) in [4.78, 5) is 25.0. The lowest BCUT2D eigenvalue weighted by molar-refractivity contribution is -0.140. The molecule has 3 rings (SSSR count).